The molecule has 0 unspecified atom stereocenters. The molecule has 2 aromatic rings. The molecule has 0 aliphatic carbocycles. The first kappa shape index (κ1) is 15.8. The number of hydrogen-bond donors (Lipinski definition) is 2. The van der Waals surface area contributed by atoms with E-state index in [2.05, 4.69) is 36.3 Å². The summed E-state index contributed by atoms with van der Waals surface area (Å²) in [6.45, 7) is 7.06. The SMILES string of the molecule is C=CCc1ccccc1C(=O)NCCNc1ccc(C)cc1. The van der Waals surface area contributed by atoms with Crippen molar-refractivity contribution in [2.75, 3.05) is 18.4 Å². The molecule has 0 heterocycles. The fourth-order valence-corrected chi connectivity index (χ4v) is 2.22. The van der Waals surface area contributed by atoms with E-state index in [-0.39, 0.29) is 5.91 Å². The molecule has 2 aromatic carbocycles. The molecular formula is C19H22N2O. The summed E-state index contributed by atoms with van der Waals surface area (Å²) in [6.07, 6.45) is 2.51. The lowest BCUT2D eigenvalue weighted by Crippen LogP contribution is -2.29. The van der Waals surface area contributed by atoms with Crippen LogP contribution in [0.2, 0.25) is 0 Å². The van der Waals surface area contributed by atoms with Crippen LogP contribution in [-0.4, -0.2) is 19.0 Å². The fraction of sp³-hybridized carbons (Fsp3) is 0.211. The Bertz CT molecular complexity index is 632. The Morgan fingerprint density at radius 3 is 2.55 bits per heavy atom. The predicted molar refractivity (Wildman–Crippen MR) is 92.3 cm³/mol. The Labute approximate surface area is 132 Å². The van der Waals surface area contributed by atoms with Crippen LogP contribution in [0.4, 0.5) is 5.69 Å². The smallest absolute Gasteiger partial charge is 0.251 e. The van der Waals surface area contributed by atoms with Crippen LogP contribution in [0.25, 0.3) is 0 Å². The van der Waals surface area contributed by atoms with Crippen molar-refractivity contribution in [2.45, 2.75) is 13.3 Å². The number of anilines is 1. The second-order valence-corrected chi connectivity index (χ2v) is 5.20. The summed E-state index contributed by atoms with van der Waals surface area (Å²) in [5.74, 6) is -0.0387. The van der Waals surface area contributed by atoms with E-state index >= 15 is 0 Å². The number of allylic oxidation sites excluding steroid dienone is 1. The zero-order chi connectivity index (χ0) is 15.8. The molecule has 0 saturated heterocycles. The molecule has 3 nitrogen and oxygen atoms in total. The minimum absolute atomic E-state index is 0.0387. The second-order valence-electron chi connectivity index (χ2n) is 5.20. The topological polar surface area (TPSA) is 41.1 Å². The highest BCUT2D eigenvalue weighted by atomic mass is 16.1. The van der Waals surface area contributed by atoms with Gasteiger partial charge in [-0.3, -0.25) is 4.79 Å². The number of benzene rings is 2. The Balaban J connectivity index is 1.83. The van der Waals surface area contributed by atoms with E-state index in [0.717, 1.165) is 16.8 Å². The lowest BCUT2D eigenvalue weighted by Gasteiger charge is -2.10. The molecule has 0 aliphatic heterocycles. The molecule has 0 aromatic heterocycles. The van der Waals surface area contributed by atoms with Crippen LogP contribution in [0.3, 0.4) is 0 Å². The summed E-state index contributed by atoms with van der Waals surface area (Å²) in [5.41, 5.74) is 4.02. The standard InChI is InChI=1S/C19H22N2O/c1-3-6-16-7-4-5-8-18(16)19(22)21-14-13-20-17-11-9-15(2)10-12-17/h3-5,7-12,20H,1,6,13-14H2,2H3,(H,21,22). The molecule has 3 heteroatoms. The summed E-state index contributed by atoms with van der Waals surface area (Å²) in [6, 6.07) is 15.8. The molecule has 0 radical (unpaired) electrons. The zero-order valence-electron chi connectivity index (χ0n) is 12.9. The van der Waals surface area contributed by atoms with Gasteiger partial charge in [0.2, 0.25) is 0 Å². The van der Waals surface area contributed by atoms with Crippen LogP contribution in [0.1, 0.15) is 21.5 Å². The van der Waals surface area contributed by atoms with E-state index in [9.17, 15) is 4.79 Å². The van der Waals surface area contributed by atoms with Crippen molar-refractivity contribution in [3.8, 4) is 0 Å². The largest absolute Gasteiger partial charge is 0.383 e. The highest BCUT2D eigenvalue weighted by molar-refractivity contribution is 5.95. The minimum Gasteiger partial charge on any atom is -0.383 e. The predicted octanol–water partition coefficient (Wildman–Crippen LogP) is 3.57. The molecule has 0 atom stereocenters. The second kappa shape index (κ2) is 8.03. The average Bonchev–Trinajstić information content (AvgIpc) is 2.54. The van der Waals surface area contributed by atoms with Gasteiger partial charge in [-0.05, 0) is 37.1 Å². The van der Waals surface area contributed by atoms with Crippen molar-refractivity contribution < 1.29 is 4.79 Å². The third kappa shape index (κ3) is 4.48. The molecule has 114 valence electrons. The molecular weight excluding hydrogens is 272 g/mol. The number of carbonyl (C=O) groups excluding carboxylic acids is 1. The molecule has 0 aliphatic rings. The molecule has 0 fully saturated rings. The third-order valence-corrected chi connectivity index (χ3v) is 3.42. The van der Waals surface area contributed by atoms with E-state index in [0.29, 0.717) is 19.5 Å². The van der Waals surface area contributed by atoms with Crippen LogP contribution in [0.5, 0.6) is 0 Å². The van der Waals surface area contributed by atoms with Crippen molar-refractivity contribution >= 4 is 11.6 Å². The number of hydrogen-bond acceptors (Lipinski definition) is 2. The van der Waals surface area contributed by atoms with Gasteiger partial charge in [0.05, 0.1) is 0 Å². The van der Waals surface area contributed by atoms with Gasteiger partial charge in [0.15, 0.2) is 0 Å². The number of aryl methyl sites for hydroxylation is 1. The summed E-state index contributed by atoms with van der Waals surface area (Å²) >= 11 is 0. The third-order valence-electron chi connectivity index (χ3n) is 3.42. The van der Waals surface area contributed by atoms with Gasteiger partial charge >= 0.3 is 0 Å². The van der Waals surface area contributed by atoms with Crippen molar-refractivity contribution in [2.24, 2.45) is 0 Å². The van der Waals surface area contributed by atoms with Gasteiger partial charge in [-0.1, -0.05) is 42.0 Å². The molecule has 2 N–H and O–H groups in total. The van der Waals surface area contributed by atoms with Crippen molar-refractivity contribution in [1.29, 1.82) is 0 Å². The lowest BCUT2D eigenvalue weighted by molar-refractivity contribution is 0.0954. The first-order valence-corrected chi connectivity index (χ1v) is 7.48. The van der Waals surface area contributed by atoms with E-state index in [4.69, 9.17) is 0 Å². The highest BCUT2D eigenvalue weighted by Gasteiger charge is 2.08. The molecule has 0 saturated carbocycles. The fourth-order valence-electron chi connectivity index (χ4n) is 2.22. The first-order chi connectivity index (χ1) is 10.7. The Kier molecular flexibility index (Phi) is 5.78. The van der Waals surface area contributed by atoms with Gasteiger partial charge in [-0.2, -0.15) is 0 Å². The summed E-state index contributed by atoms with van der Waals surface area (Å²) in [4.78, 5) is 12.2. The molecule has 22 heavy (non-hydrogen) atoms. The Hall–Kier alpha value is -2.55. The van der Waals surface area contributed by atoms with Crippen LogP contribution in [0.15, 0.2) is 61.2 Å². The Morgan fingerprint density at radius 2 is 1.82 bits per heavy atom. The molecule has 0 bridgehead atoms. The van der Waals surface area contributed by atoms with E-state index < -0.39 is 0 Å². The maximum absolute atomic E-state index is 12.2. The Morgan fingerprint density at radius 1 is 1.09 bits per heavy atom. The monoisotopic (exact) mass is 294 g/mol. The number of amides is 1. The van der Waals surface area contributed by atoms with Gasteiger partial charge in [0.1, 0.15) is 0 Å². The summed E-state index contributed by atoms with van der Waals surface area (Å²) < 4.78 is 0. The maximum Gasteiger partial charge on any atom is 0.251 e. The first-order valence-electron chi connectivity index (χ1n) is 7.48. The summed E-state index contributed by atoms with van der Waals surface area (Å²) in [5, 5.41) is 6.23. The van der Waals surface area contributed by atoms with E-state index in [1.54, 1.807) is 0 Å². The minimum atomic E-state index is -0.0387. The van der Waals surface area contributed by atoms with Crippen LogP contribution < -0.4 is 10.6 Å². The van der Waals surface area contributed by atoms with E-state index in [1.165, 1.54) is 5.56 Å². The van der Waals surface area contributed by atoms with Gasteiger partial charge in [-0.15, -0.1) is 6.58 Å². The van der Waals surface area contributed by atoms with Crippen LogP contribution in [0, 0.1) is 6.92 Å². The van der Waals surface area contributed by atoms with Crippen molar-refractivity contribution in [3.63, 3.8) is 0 Å². The molecule has 0 spiro atoms. The van der Waals surface area contributed by atoms with Gasteiger partial charge in [-0.25, -0.2) is 0 Å². The number of carbonyl (C=O) groups is 1. The van der Waals surface area contributed by atoms with Crippen molar-refractivity contribution in [3.05, 3.63) is 77.9 Å². The number of nitrogens with one attached hydrogen (secondary N) is 2. The van der Waals surface area contributed by atoms with Crippen LogP contribution >= 0.6 is 0 Å². The highest BCUT2D eigenvalue weighted by Crippen LogP contribution is 2.10. The zero-order valence-corrected chi connectivity index (χ0v) is 12.9. The van der Waals surface area contributed by atoms with Crippen LogP contribution in [-0.2, 0) is 6.42 Å². The number of rotatable bonds is 7. The molecule has 2 rings (SSSR count). The van der Waals surface area contributed by atoms with Gasteiger partial charge in [0.25, 0.3) is 5.91 Å². The average molecular weight is 294 g/mol. The quantitative estimate of drug-likeness (QED) is 0.605. The van der Waals surface area contributed by atoms with Crippen molar-refractivity contribution in [1.82, 2.24) is 5.32 Å². The molecule has 1 amide bonds. The lowest BCUT2D eigenvalue weighted by atomic mass is 10.0. The normalized spacial score (nSPS) is 10.0. The van der Waals surface area contributed by atoms with E-state index in [1.807, 2.05) is 42.5 Å². The van der Waals surface area contributed by atoms with Gasteiger partial charge < -0.3 is 10.6 Å². The maximum atomic E-state index is 12.2. The summed E-state index contributed by atoms with van der Waals surface area (Å²) in [7, 11) is 0. The van der Waals surface area contributed by atoms with Gasteiger partial charge in [0, 0.05) is 24.3 Å².